The fourth-order valence-electron chi connectivity index (χ4n) is 2.98. The van der Waals surface area contributed by atoms with Crippen molar-refractivity contribution in [3.05, 3.63) is 54.4 Å². The number of sulfonamides is 1. The van der Waals surface area contributed by atoms with Crippen LogP contribution in [0.15, 0.2) is 53.4 Å². The van der Waals surface area contributed by atoms with Gasteiger partial charge in [-0.1, -0.05) is 19.1 Å². The van der Waals surface area contributed by atoms with Gasteiger partial charge in [-0.25, -0.2) is 17.7 Å². The predicted molar refractivity (Wildman–Crippen MR) is 110 cm³/mol. The zero-order valence-electron chi connectivity index (χ0n) is 16.2. The van der Waals surface area contributed by atoms with Crippen LogP contribution in [0.4, 0.5) is 5.69 Å². The molecule has 3 rings (SSSR count). The fraction of sp³-hybridized carbons (Fsp3) is 0.300. The van der Waals surface area contributed by atoms with E-state index in [2.05, 4.69) is 17.2 Å². The minimum absolute atomic E-state index is 0.146. The lowest BCUT2D eigenvalue weighted by atomic mass is 10.3. The van der Waals surface area contributed by atoms with Gasteiger partial charge >= 0.3 is 0 Å². The maximum absolute atomic E-state index is 12.6. The molecule has 0 bridgehead atoms. The summed E-state index contributed by atoms with van der Waals surface area (Å²) >= 11 is 0. The molecule has 0 aliphatic rings. The predicted octanol–water partition coefficient (Wildman–Crippen LogP) is 2.88. The molecule has 0 saturated heterocycles. The molecular formula is C20H24N4O3S. The van der Waals surface area contributed by atoms with Crippen molar-refractivity contribution < 1.29 is 13.2 Å². The summed E-state index contributed by atoms with van der Waals surface area (Å²) in [7, 11) is -0.530. The summed E-state index contributed by atoms with van der Waals surface area (Å²) in [4.78, 5) is 17.4. The second-order valence-corrected chi connectivity index (χ2v) is 8.86. The van der Waals surface area contributed by atoms with E-state index in [-0.39, 0.29) is 17.3 Å². The van der Waals surface area contributed by atoms with Crippen molar-refractivity contribution in [1.29, 1.82) is 0 Å². The number of hydrogen-bond acceptors (Lipinski definition) is 4. The van der Waals surface area contributed by atoms with Gasteiger partial charge in [0.15, 0.2) is 0 Å². The molecule has 0 spiro atoms. The van der Waals surface area contributed by atoms with Crippen LogP contribution in [0.25, 0.3) is 11.0 Å². The van der Waals surface area contributed by atoms with Gasteiger partial charge in [0.05, 0.1) is 15.9 Å². The monoisotopic (exact) mass is 400 g/mol. The SMILES string of the molecule is CCCc1nc2ccccc2n1CC(=O)Nc1ccc(S(=O)(=O)N(C)C)cc1. The molecule has 2 aromatic carbocycles. The quantitative estimate of drug-likeness (QED) is 0.661. The van der Waals surface area contributed by atoms with E-state index in [0.29, 0.717) is 5.69 Å². The van der Waals surface area contributed by atoms with E-state index < -0.39 is 10.0 Å². The third-order valence-corrected chi connectivity index (χ3v) is 6.25. The van der Waals surface area contributed by atoms with Gasteiger partial charge in [0, 0.05) is 26.2 Å². The van der Waals surface area contributed by atoms with Crippen LogP contribution >= 0.6 is 0 Å². The number of fused-ring (bicyclic) bond motifs is 1. The number of amides is 1. The number of rotatable bonds is 7. The van der Waals surface area contributed by atoms with Crippen molar-refractivity contribution in [3.8, 4) is 0 Å². The molecule has 0 radical (unpaired) electrons. The number of anilines is 1. The van der Waals surface area contributed by atoms with E-state index in [1.165, 1.54) is 26.2 Å². The van der Waals surface area contributed by atoms with Crippen LogP contribution in [0.3, 0.4) is 0 Å². The lowest BCUT2D eigenvalue weighted by Crippen LogP contribution is -2.22. The van der Waals surface area contributed by atoms with Crippen molar-refractivity contribution >= 4 is 32.7 Å². The lowest BCUT2D eigenvalue weighted by molar-refractivity contribution is -0.116. The van der Waals surface area contributed by atoms with Crippen molar-refractivity contribution in [2.75, 3.05) is 19.4 Å². The summed E-state index contributed by atoms with van der Waals surface area (Å²) in [5.41, 5.74) is 2.34. The van der Waals surface area contributed by atoms with E-state index in [1.54, 1.807) is 12.1 Å². The molecule has 28 heavy (non-hydrogen) atoms. The Hall–Kier alpha value is -2.71. The average Bonchev–Trinajstić information content (AvgIpc) is 3.00. The van der Waals surface area contributed by atoms with Crippen LogP contribution < -0.4 is 5.32 Å². The molecule has 1 heterocycles. The average molecular weight is 401 g/mol. The Bertz CT molecular complexity index is 1090. The number of hydrogen-bond donors (Lipinski definition) is 1. The van der Waals surface area contributed by atoms with Gasteiger partial charge < -0.3 is 9.88 Å². The van der Waals surface area contributed by atoms with Gasteiger partial charge in [0.25, 0.3) is 0 Å². The third-order valence-electron chi connectivity index (χ3n) is 4.43. The molecule has 7 nitrogen and oxygen atoms in total. The molecule has 0 saturated carbocycles. The second kappa shape index (κ2) is 8.12. The van der Waals surface area contributed by atoms with Gasteiger partial charge in [0.2, 0.25) is 15.9 Å². The summed E-state index contributed by atoms with van der Waals surface area (Å²) in [6.45, 7) is 2.22. The van der Waals surface area contributed by atoms with Crippen molar-refractivity contribution in [2.24, 2.45) is 0 Å². The van der Waals surface area contributed by atoms with Crippen LogP contribution in [-0.2, 0) is 27.8 Å². The number of imidazole rings is 1. The molecule has 1 amide bonds. The Labute approximate surface area is 165 Å². The molecule has 148 valence electrons. The Morgan fingerprint density at radius 1 is 1.11 bits per heavy atom. The molecular weight excluding hydrogens is 376 g/mol. The minimum Gasteiger partial charge on any atom is -0.325 e. The van der Waals surface area contributed by atoms with Crippen molar-refractivity contribution in [2.45, 2.75) is 31.2 Å². The highest BCUT2D eigenvalue weighted by Gasteiger charge is 2.17. The highest BCUT2D eigenvalue weighted by atomic mass is 32.2. The fourth-order valence-corrected chi connectivity index (χ4v) is 3.88. The summed E-state index contributed by atoms with van der Waals surface area (Å²) < 4.78 is 27.3. The molecule has 3 aromatic rings. The lowest BCUT2D eigenvalue weighted by Gasteiger charge is -2.12. The van der Waals surface area contributed by atoms with E-state index in [4.69, 9.17) is 0 Å². The first-order chi connectivity index (χ1) is 13.3. The number of para-hydroxylation sites is 2. The van der Waals surface area contributed by atoms with Gasteiger partial charge in [0.1, 0.15) is 12.4 Å². The summed E-state index contributed by atoms with van der Waals surface area (Å²) in [6.07, 6.45) is 1.73. The number of aryl methyl sites for hydroxylation is 1. The largest absolute Gasteiger partial charge is 0.325 e. The summed E-state index contributed by atoms with van der Waals surface area (Å²) in [5.74, 6) is 0.690. The molecule has 0 unspecified atom stereocenters. The first-order valence-electron chi connectivity index (χ1n) is 9.09. The van der Waals surface area contributed by atoms with Gasteiger partial charge in [-0.2, -0.15) is 0 Å². The van der Waals surface area contributed by atoms with Crippen molar-refractivity contribution in [1.82, 2.24) is 13.9 Å². The van der Waals surface area contributed by atoms with E-state index in [0.717, 1.165) is 34.0 Å². The van der Waals surface area contributed by atoms with Gasteiger partial charge in [-0.15, -0.1) is 0 Å². The van der Waals surface area contributed by atoms with Crippen LogP contribution in [0.2, 0.25) is 0 Å². The number of aromatic nitrogens is 2. The normalized spacial score (nSPS) is 11.9. The molecule has 1 N–H and O–H groups in total. The summed E-state index contributed by atoms with van der Waals surface area (Å²) in [6, 6.07) is 13.9. The smallest absolute Gasteiger partial charge is 0.244 e. The van der Waals surface area contributed by atoms with E-state index in [9.17, 15) is 13.2 Å². The first kappa shape index (κ1) is 20.0. The Morgan fingerprint density at radius 2 is 1.79 bits per heavy atom. The number of carbonyl (C=O) groups is 1. The Balaban J connectivity index is 1.78. The maximum Gasteiger partial charge on any atom is 0.244 e. The van der Waals surface area contributed by atoms with Crippen LogP contribution in [-0.4, -0.2) is 42.3 Å². The molecule has 8 heteroatoms. The first-order valence-corrected chi connectivity index (χ1v) is 10.5. The van der Waals surface area contributed by atoms with E-state index in [1.807, 2.05) is 28.8 Å². The number of nitrogens with one attached hydrogen (secondary N) is 1. The maximum atomic E-state index is 12.6. The molecule has 0 aliphatic carbocycles. The zero-order chi connectivity index (χ0) is 20.3. The van der Waals surface area contributed by atoms with Crippen molar-refractivity contribution in [3.63, 3.8) is 0 Å². The standard InChI is InChI=1S/C20H24N4O3S/c1-4-7-19-22-17-8-5-6-9-18(17)24(19)14-20(25)21-15-10-12-16(13-11-15)28(26,27)23(2)3/h5-6,8-13H,4,7,14H2,1-3H3,(H,21,25). The highest BCUT2D eigenvalue weighted by molar-refractivity contribution is 7.89. The number of benzene rings is 2. The summed E-state index contributed by atoms with van der Waals surface area (Å²) in [5, 5.41) is 2.83. The number of carbonyl (C=O) groups excluding carboxylic acids is 1. The third kappa shape index (κ3) is 4.07. The minimum atomic E-state index is -3.49. The molecule has 1 aromatic heterocycles. The Kier molecular flexibility index (Phi) is 5.81. The zero-order valence-corrected chi connectivity index (χ0v) is 17.0. The van der Waals surface area contributed by atoms with Crippen LogP contribution in [0.5, 0.6) is 0 Å². The number of nitrogens with zero attached hydrogens (tertiary/aromatic N) is 3. The van der Waals surface area contributed by atoms with Crippen LogP contribution in [0, 0.1) is 0 Å². The highest BCUT2D eigenvalue weighted by Crippen LogP contribution is 2.19. The topological polar surface area (TPSA) is 84.3 Å². The van der Waals surface area contributed by atoms with Crippen LogP contribution in [0.1, 0.15) is 19.2 Å². The second-order valence-electron chi connectivity index (χ2n) is 6.71. The molecule has 0 atom stereocenters. The Morgan fingerprint density at radius 3 is 2.43 bits per heavy atom. The molecule has 0 fully saturated rings. The van der Waals surface area contributed by atoms with Gasteiger partial charge in [-0.3, -0.25) is 4.79 Å². The van der Waals surface area contributed by atoms with E-state index >= 15 is 0 Å². The molecule has 0 aliphatic heterocycles. The van der Waals surface area contributed by atoms with Gasteiger partial charge in [-0.05, 0) is 42.8 Å².